The zero-order valence-corrected chi connectivity index (χ0v) is 16.4. The Labute approximate surface area is 159 Å². The van der Waals surface area contributed by atoms with E-state index >= 15 is 0 Å². The van der Waals surface area contributed by atoms with E-state index in [1.165, 1.54) is 25.3 Å². The number of nitrogens with one attached hydrogen (secondary N) is 1. The van der Waals surface area contributed by atoms with Gasteiger partial charge in [0.2, 0.25) is 5.91 Å². The molecule has 27 heavy (non-hydrogen) atoms. The molecule has 0 heterocycles. The number of sulfone groups is 1. The Balaban J connectivity index is 1.82. The van der Waals surface area contributed by atoms with Gasteiger partial charge in [-0.3, -0.25) is 4.79 Å². The molecule has 0 aliphatic heterocycles. The van der Waals surface area contributed by atoms with E-state index < -0.39 is 15.8 Å². The Morgan fingerprint density at radius 3 is 2.33 bits per heavy atom. The van der Waals surface area contributed by atoms with Crippen LogP contribution in [-0.2, 0) is 19.4 Å². The zero-order valence-electron chi connectivity index (χ0n) is 15.6. The van der Waals surface area contributed by atoms with E-state index in [4.69, 9.17) is 5.73 Å². The summed E-state index contributed by atoms with van der Waals surface area (Å²) in [5.41, 5.74) is 6.65. The normalized spacial score (nSPS) is 27.7. The summed E-state index contributed by atoms with van der Waals surface area (Å²) in [4.78, 5) is 24.6. The number of amides is 1. The van der Waals surface area contributed by atoms with E-state index in [1.807, 2.05) is 0 Å². The van der Waals surface area contributed by atoms with Gasteiger partial charge in [-0.1, -0.05) is 6.42 Å². The third kappa shape index (κ3) is 4.32. The zero-order chi connectivity index (χ0) is 19.8. The number of methoxy groups -OCH3 is 1. The van der Waals surface area contributed by atoms with Crippen molar-refractivity contribution in [3.63, 3.8) is 0 Å². The minimum Gasteiger partial charge on any atom is -0.465 e. The number of carbonyl (C=O) groups is 2. The van der Waals surface area contributed by atoms with Crippen LogP contribution < -0.4 is 11.1 Å². The van der Waals surface area contributed by atoms with Crippen LogP contribution in [-0.4, -0.2) is 39.7 Å². The molecule has 0 spiro atoms. The molecule has 2 aliphatic carbocycles. The number of hydrogen-bond acceptors (Lipinski definition) is 6. The van der Waals surface area contributed by atoms with Crippen molar-refractivity contribution in [2.45, 2.75) is 43.0 Å². The molecule has 2 aliphatic rings. The van der Waals surface area contributed by atoms with E-state index in [1.54, 1.807) is 0 Å². The summed E-state index contributed by atoms with van der Waals surface area (Å²) in [6.45, 7) is 0. The largest absolute Gasteiger partial charge is 0.465 e. The van der Waals surface area contributed by atoms with Crippen LogP contribution in [0.1, 0.15) is 42.5 Å². The first-order valence-corrected chi connectivity index (χ1v) is 11.1. The molecule has 0 radical (unpaired) electrons. The van der Waals surface area contributed by atoms with E-state index in [-0.39, 0.29) is 34.0 Å². The molecule has 3 rings (SSSR count). The highest BCUT2D eigenvalue weighted by Gasteiger charge is 2.40. The van der Waals surface area contributed by atoms with Gasteiger partial charge >= 0.3 is 5.97 Å². The van der Waals surface area contributed by atoms with Crippen LogP contribution in [0.3, 0.4) is 0 Å². The number of hydrogen-bond donors (Lipinski definition) is 2. The Bertz CT molecular complexity index is 838. The van der Waals surface area contributed by atoms with Gasteiger partial charge in [0.15, 0.2) is 9.84 Å². The maximum absolute atomic E-state index is 12.8. The molecule has 2 unspecified atom stereocenters. The first-order chi connectivity index (χ1) is 12.7. The van der Waals surface area contributed by atoms with Crippen LogP contribution in [0.15, 0.2) is 23.1 Å². The molecule has 1 amide bonds. The van der Waals surface area contributed by atoms with Gasteiger partial charge in [-0.25, -0.2) is 13.2 Å². The van der Waals surface area contributed by atoms with Gasteiger partial charge in [0, 0.05) is 23.9 Å². The SMILES string of the molecule is COC(=O)c1cc(NC(=O)C2CC3CCCC(C2)C3N)cc(S(C)(=O)=O)c1. The van der Waals surface area contributed by atoms with Gasteiger partial charge in [-0.2, -0.15) is 0 Å². The Hall–Kier alpha value is -1.93. The van der Waals surface area contributed by atoms with Gasteiger partial charge in [-0.05, 0) is 55.7 Å². The maximum atomic E-state index is 12.8. The Kier molecular flexibility index (Phi) is 5.58. The third-order valence-electron chi connectivity index (χ3n) is 5.81. The number of ether oxygens (including phenoxy) is 1. The molecular formula is C19H26N2O5S. The lowest BCUT2D eigenvalue weighted by Crippen LogP contribution is -2.48. The molecule has 3 N–H and O–H groups in total. The van der Waals surface area contributed by atoms with Crippen molar-refractivity contribution in [2.75, 3.05) is 18.7 Å². The average Bonchev–Trinajstić information content (AvgIpc) is 2.59. The third-order valence-corrected chi connectivity index (χ3v) is 6.90. The minimum absolute atomic E-state index is 0.0387. The molecule has 0 aromatic heterocycles. The molecule has 2 bridgehead atoms. The number of nitrogens with two attached hydrogens (primary N) is 1. The van der Waals surface area contributed by atoms with Crippen molar-refractivity contribution in [1.82, 2.24) is 0 Å². The lowest BCUT2D eigenvalue weighted by atomic mass is 9.65. The van der Waals surface area contributed by atoms with Crippen LogP contribution in [0.4, 0.5) is 5.69 Å². The first-order valence-electron chi connectivity index (χ1n) is 9.19. The summed E-state index contributed by atoms with van der Waals surface area (Å²) in [5, 5.41) is 2.80. The predicted molar refractivity (Wildman–Crippen MR) is 101 cm³/mol. The molecule has 8 heteroatoms. The maximum Gasteiger partial charge on any atom is 0.337 e. The summed E-state index contributed by atoms with van der Waals surface area (Å²) in [5.74, 6) is -0.236. The highest BCUT2D eigenvalue weighted by atomic mass is 32.2. The van der Waals surface area contributed by atoms with Crippen molar-refractivity contribution in [3.05, 3.63) is 23.8 Å². The van der Waals surface area contributed by atoms with E-state index in [2.05, 4.69) is 10.1 Å². The van der Waals surface area contributed by atoms with Gasteiger partial charge in [0.05, 0.1) is 17.6 Å². The monoisotopic (exact) mass is 394 g/mol. The number of rotatable bonds is 4. The summed E-state index contributed by atoms with van der Waals surface area (Å²) in [6.07, 6.45) is 5.82. The smallest absolute Gasteiger partial charge is 0.337 e. The standard InChI is InChI=1S/C19H26N2O5S/c1-26-19(23)14-8-15(10-16(9-14)27(2,24)25)21-18(22)13-6-11-4-3-5-12(7-13)17(11)20/h8-13,17H,3-7,20H2,1-2H3,(H,21,22). The van der Waals surface area contributed by atoms with E-state index in [0.29, 0.717) is 11.8 Å². The van der Waals surface area contributed by atoms with Crippen LogP contribution in [0.5, 0.6) is 0 Å². The van der Waals surface area contributed by atoms with Gasteiger partial charge in [-0.15, -0.1) is 0 Å². The van der Waals surface area contributed by atoms with Crippen molar-refractivity contribution >= 4 is 27.4 Å². The molecule has 2 atom stereocenters. The second kappa shape index (κ2) is 7.59. The van der Waals surface area contributed by atoms with Crippen molar-refractivity contribution in [2.24, 2.45) is 23.5 Å². The number of carbonyl (C=O) groups excluding carboxylic acids is 2. The quantitative estimate of drug-likeness (QED) is 0.755. The molecule has 7 nitrogen and oxygen atoms in total. The Morgan fingerprint density at radius 2 is 1.78 bits per heavy atom. The molecular weight excluding hydrogens is 368 g/mol. The number of benzene rings is 1. The second-order valence-corrected chi connectivity index (χ2v) is 9.71. The fourth-order valence-electron chi connectivity index (χ4n) is 4.37. The van der Waals surface area contributed by atoms with Gasteiger partial charge in [0.1, 0.15) is 0 Å². The van der Waals surface area contributed by atoms with Crippen LogP contribution in [0, 0.1) is 17.8 Å². The van der Waals surface area contributed by atoms with Gasteiger partial charge < -0.3 is 15.8 Å². The number of anilines is 1. The molecule has 1 aromatic rings. The van der Waals surface area contributed by atoms with Crippen molar-refractivity contribution < 1.29 is 22.7 Å². The highest BCUT2D eigenvalue weighted by Crippen LogP contribution is 2.42. The van der Waals surface area contributed by atoms with Crippen LogP contribution >= 0.6 is 0 Å². The summed E-state index contributed by atoms with van der Waals surface area (Å²) in [6, 6.07) is 4.23. The molecule has 1 aromatic carbocycles. The highest BCUT2D eigenvalue weighted by molar-refractivity contribution is 7.90. The fourth-order valence-corrected chi connectivity index (χ4v) is 5.05. The average molecular weight is 394 g/mol. The van der Waals surface area contributed by atoms with Crippen LogP contribution in [0.25, 0.3) is 0 Å². The first kappa shape index (κ1) is 19.8. The summed E-state index contributed by atoms with van der Waals surface area (Å²) in [7, 11) is -2.33. The van der Waals surface area contributed by atoms with Gasteiger partial charge in [0.25, 0.3) is 0 Å². The second-order valence-electron chi connectivity index (χ2n) is 7.70. The molecule has 148 valence electrons. The molecule has 0 saturated heterocycles. The summed E-state index contributed by atoms with van der Waals surface area (Å²) < 4.78 is 28.5. The number of fused-ring (bicyclic) bond motifs is 2. The van der Waals surface area contributed by atoms with Crippen LogP contribution in [0.2, 0.25) is 0 Å². The summed E-state index contributed by atoms with van der Waals surface area (Å²) >= 11 is 0. The lowest BCUT2D eigenvalue weighted by molar-refractivity contribution is -0.122. The van der Waals surface area contributed by atoms with Crippen molar-refractivity contribution in [1.29, 1.82) is 0 Å². The Morgan fingerprint density at radius 1 is 1.15 bits per heavy atom. The topological polar surface area (TPSA) is 116 Å². The molecule has 2 saturated carbocycles. The minimum atomic E-state index is -3.55. The van der Waals surface area contributed by atoms with E-state index in [0.717, 1.165) is 38.4 Å². The molecule has 2 fully saturated rings. The van der Waals surface area contributed by atoms with Crippen molar-refractivity contribution in [3.8, 4) is 0 Å². The predicted octanol–water partition coefficient (Wildman–Crippen LogP) is 1.97. The number of esters is 1. The van der Waals surface area contributed by atoms with E-state index in [9.17, 15) is 18.0 Å². The lowest BCUT2D eigenvalue weighted by Gasteiger charge is -2.43. The fraction of sp³-hybridized carbons (Fsp3) is 0.579.